The molecule has 10 nitrogen and oxygen atoms in total. The van der Waals surface area contributed by atoms with Gasteiger partial charge in [0.25, 0.3) is 5.91 Å². The molecule has 0 aromatic carbocycles. The number of carbonyl (C=O) groups excluding carboxylic acids is 2. The topological polar surface area (TPSA) is 144 Å². The van der Waals surface area contributed by atoms with Crippen molar-refractivity contribution < 1.29 is 14.3 Å². The molecule has 1 heterocycles. The Morgan fingerprint density at radius 1 is 1.40 bits per heavy atom. The van der Waals surface area contributed by atoms with Crippen LogP contribution in [0.3, 0.4) is 0 Å². The average Bonchev–Trinajstić information content (AvgIpc) is 3.08. The van der Waals surface area contributed by atoms with Gasteiger partial charge in [0.05, 0.1) is 6.61 Å². The number of hydrogen-bond acceptors (Lipinski definition) is 8. The number of carbonyl (C=O) groups is 2. The number of nitrogens with one attached hydrogen (secondary N) is 3. The quantitative estimate of drug-likeness (QED) is 0.337. The predicted octanol–water partition coefficient (Wildman–Crippen LogP) is 1.49. The fraction of sp³-hybridized carbons (Fsp3) is 0.500. The van der Waals surface area contributed by atoms with Gasteiger partial charge in [-0.15, -0.1) is 0 Å². The van der Waals surface area contributed by atoms with Crippen molar-refractivity contribution in [1.29, 1.82) is 0 Å². The van der Waals surface area contributed by atoms with Crippen LogP contribution in [-0.4, -0.2) is 41.0 Å². The highest BCUT2D eigenvalue weighted by Gasteiger charge is 2.20. The molecule has 0 aliphatic heterocycles. The lowest BCUT2D eigenvalue weighted by molar-refractivity contribution is 0.0973. The van der Waals surface area contributed by atoms with Crippen molar-refractivity contribution in [2.45, 2.75) is 38.6 Å². The fourth-order valence-electron chi connectivity index (χ4n) is 2.36. The molecule has 0 saturated heterocycles. The molecule has 1 saturated carbocycles. The Morgan fingerprint density at radius 2 is 2.12 bits per heavy atom. The van der Waals surface area contributed by atoms with E-state index in [-0.39, 0.29) is 29.3 Å². The number of nitrogen functional groups attached to an aromatic ring is 1. The highest BCUT2D eigenvalue weighted by atomic mass is 35.5. The molecule has 0 unspecified atom stereocenters. The number of nitrogens with zero attached hydrogens (tertiary/aromatic N) is 3. The largest absolute Gasteiger partial charge is 0.449 e. The van der Waals surface area contributed by atoms with E-state index in [0.29, 0.717) is 5.82 Å². The third kappa shape index (κ3) is 5.45. The van der Waals surface area contributed by atoms with Crippen molar-refractivity contribution in [3.8, 4) is 0 Å². The van der Waals surface area contributed by atoms with E-state index in [1.54, 1.807) is 6.92 Å². The third-order valence-corrected chi connectivity index (χ3v) is 3.75. The zero-order chi connectivity index (χ0) is 18.2. The molecular weight excluding hydrogens is 350 g/mol. The normalized spacial score (nSPS) is 14.5. The van der Waals surface area contributed by atoms with Gasteiger partial charge in [-0.05, 0) is 19.8 Å². The first kappa shape index (κ1) is 18.7. The van der Waals surface area contributed by atoms with Gasteiger partial charge in [-0.25, -0.2) is 20.2 Å². The molecule has 136 valence electrons. The number of anilines is 2. The van der Waals surface area contributed by atoms with E-state index in [4.69, 9.17) is 17.3 Å². The standard InChI is InChI=1S/C14H20ClN7O3/c1-2-25-14(24)22-18-7-17-13(23)9-11(16)21-12(10(15)20-9)19-8-5-3-4-6-8/h7-8H,2-6H2,1H3,(H,22,24)(H3,16,19,21)(H,17,18,23). The molecule has 1 aromatic rings. The van der Waals surface area contributed by atoms with Crippen molar-refractivity contribution in [1.82, 2.24) is 20.7 Å². The zero-order valence-electron chi connectivity index (χ0n) is 13.7. The molecule has 1 aromatic heterocycles. The molecular formula is C14H20ClN7O3. The first-order valence-corrected chi connectivity index (χ1v) is 8.23. The van der Waals surface area contributed by atoms with Gasteiger partial charge >= 0.3 is 6.09 Å². The summed E-state index contributed by atoms with van der Waals surface area (Å²) in [7, 11) is 0. The molecule has 5 N–H and O–H groups in total. The van der Waals surface area contributed by atoms with Gasteiger partial charge in [-0.1, -0.05) is 24.4 Å². The van der Waals surface area contributed by atoms with Crippen LogP contribution in [-0.2, 0) is 4.74 Å². The predicted molar refractivity (Wildman–Crippen MR) is 93.4 cm³/mol. The lowest BCUT2D eigenvalue weighted by Crippen LogP contribution is -2.27. The summed E-state index contributed by atoms with van der Waals surface area (Å²) in [6, 6.07) is 0.284. The molecule has 1 aliphatic carbocycles. The van der Waals surface area contributed by atoms with Crippen molar-refractivity contribution in [2.75, 3.05) is 17.7 Å². The number of ether oxygens (including phenoxy) is 1. The maximum atomic E-state index is 12.0. The van der Waals surface area contributed by atoms with E-state index in [1.807, 2.05) is 0 Å². The highest BCUT2D eigenvalue weighted by Crippen LogP contribution is 2.26. The SMILES string of the molecule is CCOC(=O)NN=CNC(=O)c1nc(Cl)c(NC2CCCC2)nc1N. The van der Waals surface area contributed by atoms with Crippen LogP contribution in [0, 0.1) is 0 Å². The summed E-state index contributed by atoms with van der Waals surface area (Å²) >= 11 is 6.08. The van der Waals surface area contributed by atoms with Crippen LogP contribution in [0.15, 0.2) is 5.10 Å². The number of aromatic nitrogens is 2. The zero-order valence-corrected chi connectivity index (χ0v) is 14.5. The lowest BCUT2D eigenvalue weighted by Gasteiger charge is -2.14. The van der Waals surface area contributed by atoms with Crippen molar-refractivity contribution >= 4 is 41.6 Å². The minimum atomic E-state index is -0.738. The number of rotatable bonds is 6. The van der Waals surface area contributed by atoms with Gasteiger partial charge < -0.3 is 21.1 Å². The molecule has 0 spiro atoms. The molecule has 1 aliphatic rings. The summed E-state index contributed by atoms with van der Waals surface area (Å²) in [6.07, 6.45) is 4.60. The Hall–Kier alpha value is -2.62. The van der Waals surface area contributed by atoms with E-state index in [2.05, 4.69) is 35.9 Å². The summed E-state index contributed by atoms with van der Waals surface area (Å²) in [4.78, 5) is 31.1. The molecule has 1 fully saturated rings. The number of amides is 2. The summed E-state index contributed by atoms with van der Waals surface area (Å²) < 4.78 is 4.59. The summed E-state index contributed by atoms with van der Waals surface area (Å²) in [6.45, 7) is 1.86. The Morgan fingerprint density at radius 3 is 2.80 bits per heavy atom. The van der Waals surface area contributed by atoms with E-state index >= 15 is 0 Å². The van der Waals surface area contributed by atoms with Crippen molar-refractivity contribution in [3.63, 3.8) is 0 Å². The monoisotopic (exact) mass is 369 g/mol. The molecule has 11 heteroatoms. The maximum Gasteiger partial charge on any atom is 0.427 e. The second-order valence-electron chi connectivity index (χ2n) is 5.29. The van der Waals surface area contributed by atoms with Gasteiger partial charge in [0, 0.05) is 6.04 Å². The van der Waals surface area contributed by atoms with Crippen LogP contribution >= 0.6 is 11.6 Å². The van der Waals surface area contributed by atoms with E-state index < -0.39 is 12.0 Å². The molecule has 2 rings (SSSR count). The van der Waals surface area contributed by atoms with E-state index in [1.165, 1.54) is 0 Å². The average molecular weight is 370 g/mol. The first-order valence-electron chi connectivity index (χ1n) is 7.86. The van der Waals surface area contributed by atoms with Crippen LogP contribution in [0.25, 0.3) is 0 Å². The van der Waals surface area contributed by atoms with Gasteiger partial charge in [0.2, 0.25) is 0 Å². The Labute approximate surface area is 149 Å². The van der Waals surface area contributed by atoms with Gasteiger partial charge in [0.15, 0.2) is 22.5 Å². The highest BCUT2D eigenvalue weighted by molar-refractivity contribution is 6.32. The van der Waals surface area contributed by atoms with E-state index in [9.17, 15) is 9.59 Å². The second kappa shape index (κ2) is 9.02. The Balaban J connectivity index is 1.96. The number of hydrazone groups is 1. The molecule has 0 atom stereocenters. The smallest absolute Gasteiger partial charge is 0.427 e. The minimum absolute atomic E-state index is 0.0610. The van der Waals surface area contributed by atoms with Gasteiger partial charge in [-0.2, -0.15) is 5.10 Å². The number of halogens is 1. The Kier molecular flexibility index (Phi) is 6.75. The number of nitrogens with two attached hydrogens (primary N) is 1. The molecule has 0 bridgehead atoms. The molecule has 0 radical (unpaired) electrons. The third-order valence-electron chi connectivity index (χ3n) is 3.48. The second-order valence-corrected chi connectivity index (χ2v) is 5.64. The van der Waals surface area contributed by atoms with Crippen LogP contribution < -0.4 is 21.8 Å². The number of hydrogen-bond donors (Lipinski definition) is 4. The first-order chi connectivity index (χ1) is 12.0. The van der Waals surface area contributed by atoms with E-state index in [0.717, 1.165) is 32.0 Å². The minimum Gasteiger partial charge on any atom is -0.449 e. The van der Waals surface area contributed by atoms with Crippen LogP contribution in [0.2, 0.25) is 5.15 Å². The Bertz CT molecular complexity index is 662. The molecule has 2 amide bonds. The summed E-state index contributed by atoms with van der Waals surface area (Å²) in [5.74, 6) is -0.358. The maximum absolute atomic E-state index is 12.0. The van der Waals surface area contributed by atoms with Gasteiger partial charge in [-0.3, -0.25) is 4.79 Å². The van der Waals surface area contributed by atoms with Crippen LogP contribution in [0.1, 0.15) is 43.1 Å². The fourth-order valence-corrected chi connectivity index (χ4v) is 2.54. The van der Waals surface area contributed by atoms with Gasteiger partial charge in [0.1, 0.15) is 6.34 Å². The lowest BCUT2D eigenvalue weighted by atomic mass is 10.2. The van der Waals surface area contributed by atoms with Crippen molar-refractivity contribution in [2.24, 2.45) is 5.10 Å². The van der Waals surface area contributed by atoms with Crippen molar-refractivity contribution in [3.05, 3.63) is 10.8 Å². The molecule has 25 heavy (non-hydrogen) atoms. The summed E-state index contributed by atoms with van der Waals surface area (Å²) in [5, 5.41) is 9.02. The summed E-state index contributed by atoms with van der Waals surface area (Å²) in [5.41, 5.74) is 7.71. The van der Waals surface area contributed by atoms with Crippen LogP contribution in [0.4, 0.5) is 16.4 Å². The van der Waals surface area contributed by atoms with Crippen LogP contribution in [0.5, 0.6) is 0 Å².